The van der Waals surface area contributed by atoms with Crippen molar-refractivity contribution in [3.05, 3.63) is 17.0 Å². The third kappa shape index (κ3) is 4.29. The van der Waals surface area contributed by atoms with E-state index < -0.39 is 38.1 Å². The van der Waals surface area contributed by atoms with Crippen molar-refractivity contribution in [3.8, 4) is 0 Å². The molecule has 0 saturated carbocycles. The van der Waals surface area contributed by atoms with Crippen LogP contribution in [-0.4, -0.2) is 56.6 Å². The fourth-order valence-corrected chi connectivity index (χ4v) is 5.57. The molecule has 10 heteroatoms. The summed E-state index contributed by atoms with van der Waals surface area (Å²) in [7, 11) is -2.90. The third-order valence-corrected chi connectivity index (χ3v) is 8.63. The van der Waals surface area contributed by atoms with Crippen LogP contribution in [-0.2, 0) is 27.4 Å². The van der Waals surface area contributed by atoms with Gasteiger partial charge in [-0.1, -0.05) is 5.16 Å². The highest BCUT2D eigenvalue weighted by Gasteiger charge is 2.50. The van der Waals surface area contributed by atoms with Crippen molar-refractivity contribution >= 4 is 21.5 Å². The van der Waals surface area contributed by atoms with E-state index in [-0.39, 0.29) is 18.8 Å². The minimum atomic E-state index is -3.16. The predicted molar refractivity (Wildman–Crippen MR) is 108 cm³/mol. The summed E-state index contributed by atoms with van der Waals surface area (Å²) in [4.78, 5) is 26.6. The van der Waals surface area contributed by atoms with Gasteiger partial charge in [0, 0.05) is 37.1 Å². The first-order chi connectivity index (χ1) is 13.8. The summed E-state index contributed by atoms with van der Waals surface area (Å²) in [6.45, 7) is 3.61. The van der Waals surface area contributed by atoms with E-state index in [0.29, 0.717) is 19.3 Å². The number of piperidine rings is 1. The van der Waals surface area contributed by atoms with E-state index in [9.17, 15) is 22.6 Å². The Hall–Kier alpha value is -1.84. The molecule has 1 unspecified atom stereocenters. The van der Waals surface area contributed by atoms with Crippen LogP contribution in [0, 0.1) is 5.41 Å². The molecule has 0 radical (unpaired) electrons. The van der Waals surface area contributed by atoms with Crippen molar-refractivity contribution in [2.75, 3.05) is 19.3 Å². The lowest BCUT2D eigenvalue weighted by Gasteiger charge is -2.39. The van der Waals surface area contributed by atoms with Crippen LogP contribution in [0.15, 0.2) is 8.89 Å². The average molecular weight is 446 g/mol. The van der Waals surface area contributed by atoms with Gasteiger partial charge in [-0.25, -0.2) is 13.0 Å². The molecular weight excluding hydrogens is 416 g/mol. The van der Waals surface area contributed by atoms with Gasteiger partial charge in [0.25, 0.3) is 5.92 Å². The minimum Gasteiger partial charge on any atom is -0.350 e. The maximum atomic E-state index is 13.8. The number of likely N-dealkylation sites (tertiary alicyclic amines) is 1. The Morgan fingerprint density at radius 1 is 1.17 bits per heavy atom. The molecule has 1 atom stereocenters. The van der Waals surface area contributed by atoms with E-state index in [1.165, 1.54) is 25.0 Å². The lowest BCUT2D eigenvalue weighted by Crippen LogP contribution is -2.52. The highest BCUT2D eigenvalue weighted by atomic mass is 32.2. The Kier molecular flexibility index (Phi) is 6.10. The molecule has 2 amide bonds. The molecule has 0 aromatic carbocycles. The Labute approximate surface area is 175 Å². The molecule has 1 aromatic rings. The average Bonchev–Trinajstić information content (AvgIpc) is 3.10. The smallest absolute Gasteiger partial charge is 0.323 e. The fourth-order valence-electron chi connectivity index (χ4n) is 3.92. The van der Waals surface area contributed by atoms with Gasteiger partial charge in [0.1, 0.15) is 5.41 Å². The number of rotatable bonds is 4. The van der Waals surface area contributed by atoms with Crippen LogP contribution < -0.4 is 0 Å². The maximum absolute atomic E-state index is 13.8. The number of alkyl halides is 2. The minimum absolute atomic E-state index is 0.0683. The van der Waals surface area contributed by atoms with Crippen LogP contribution >= 0.6 is 0 Å². The van der Waals surface area contributed by atoms with Gasteiger partial charge < -0.3 is 9.42 Å². The van der Waals surface area contributed by atoms with Gasteiger partial charge in [0.2, 0.25) is 11.7 Å². The fraction of sp³-hybridized carbons (Fsp3) is 0.750. The molecule has 168 valence electrons. The molecule has 0 bridgehead atoms. The first-order valence-corrected chi connectivity index (χ1v) is 12.2. The van der Waals surface area contributed by atoms with E-state index in [1.807, 2.05) is 0 Å². The van der Waals surface area contributed by atoms with Gasteiger partial charge >= 0.3 is 5.91 Å². The Morgan fingerprint density at radius 2 is 1.77 bits per heavy atom. The van der Waals surface area contributed by atoms with Crippen LogP contribution in [0.3, 0.4) is 0 Å². The second kappa shape index (κ2) is 8.01. The number of hydrogen-bond donors (Lipinski definition) is 0. The van der Waals surface area contributed by atoms with Crippen LogP contribution in [0.2, 0.25) is 0 Å². The quantitative estimate of drug-likeness (QED) is 0.708. The Balaban J connectivity index is 1.70. The van der Waals surface area contributed by atoms with Crippen molar-refractivity contribution in [1.82, 2.24) is 10.1 Å². The Morgan fingerprint density at radius 3 is 2.37 bits per heavy atom. The number of aromatic nitrogens is 1. The molecule has 3 rings (SSSR count). The highest BCUT2D eigenvalue weighted by Crippen LogP contribution is 2.38. The van der Waals surface area contributed by atoms with Gasteiger partial charge in [-0.05, 0) is 52.4 Å². The van der Waals surface area contributed by atoms with Crippen molar-refractivity contribution in [3.63, 3.8) is 0 Å². The van der Waals surface area contributed by atoms with Gasteiger partial charge in [-0.3, -0.25) is 9.59 Å². The number of carbonyl (C=O) groups excluding carboxylic acids is 2. The zero-order chi connectivity index (χ0) is 22.3. The lowest BCUT2D eigenvalue weighted by atomic mass is 9.84. The molecule has 0 N–H and O–H groups in total. The summed E-state index contributed by atoms with van der Waals surface area (Å²) in [6, 6.07) is 0. The summed E-state index contributed by atoms with van der Waals surface area (Å²) in [5.41, 5.74) is -0.294. The maximum Gasteiger partial charge on any atom is 0.323 e. The number of nitrogens with zero attached hydrogens (tertiary/aromatic N) is 3. The normalized spacial score (nSPS) is 20.4. The summed E-state index contributed by atoms with van der Waals surface area (Å²) in [5.74, 6) is -4.38. The topological polar surface area (TPSA) is 92.8 Å². The standard InChI is InChI=1S/C20H29F2N3O4S/c1-19(2,20(3,21)22)18(27)25-11-9-13(10-12-25)30(4,28)24-17(26)16-14-7-5-6-8-15(14)23-29-16/h13H,5-12H2,1-4H3. The Bertz CT molecular complexity index is 950. The molecule has 1 aromatic heterocycles. The zero-order valence-electron chi connectivity index (χ0n) is 17.9. The number of hydrogen-bond acceptors (Lipinski definition) is 5. The second-order valence-corrected chi connectivity index (χ2v) is 11.5. The van der Waals surface area contributed by atoms with Crippen LogP contribution in [0.1, 0.15) is 68.3 Å². The van der Waals surface area contributed by atoms with Gasteiger partial charge in [-0.2, -0.15) is 4.36 Å². The number of halogens is 2. The summed E-state index contributed by atoms with van der Waals surface area (Å²) >= 11 is 0. The third-order valence-electron chi connectivity index (χ3n) is 6.40. The van der Waals surface area contributed by atoms with Gasteiger partial charge in [0.15, 0.2) is 0 Å². The molecule has 0 spiro atoms. The van der Waals surface area contributed by atoms with E-state index in [4.69, 9.17) is 4.52 Å². The zero-order valence-corrected chi connectivity index (χ0v) is 18.7. The van der Waals surface area contributed by atoms with E-state index in [2.05, 4.69) is 9.52 Å². The number of aryl methyl sites for hydroxylation is 1. The first-order valence-electron chi connectivity index (χ1n) is 10.2. The van der Waals surface area contributed by atoms with Crippen molar-refractivity contribution < 1.29 is 27.1 Å². The molecule has 1 saturated heterocycles. The van der Waals surface area contributed by atoms with Crippen molar-refractivity contribution in [2.45, 2.75) is 70.5 Å². The first kappa shape index (κ1) is 22.8. The molecule has 30 heavy (non-hydrogen) atoms. The molecule has 2 aliphatic rings. The predicted octanol–water partition coefficient (Wildman–Crippen LogP) is 3.46. The summed E-state index contributed by atoms with van der Waals surface area (Å²) in [6.07, 6.45) is 5.48. The number of carbonyl (C=O) groups is 2. The summed E-state index contributed by atoms with van der Waals surface area (Å²) in [5, 5.41) is 3.53. The number of fused-ring (bicyclic) bond motifs is 1. The second-order valence-electron chi connectivity index (χ2n) is 8.91. The summed E-state index contributed by atoms with van der Waals surface area (Å²) < 4.78 is 50.0. The number of amides is 2. The molecule has 2 heterocycles. The van der Waals surface area contributed by atoms with E-state index >= 15 is 0 Å². The SMILES string of the molecule is CC(F)(F)C(C)(C)C(=O)N1CCC(S(C)(=O)=NC(=O)c2onc3c2CCCC3)CC1. The van der Waals surface area contributed by atoms with E-state index in [1.54, 1.807) is 0 Å². The molecule has 1 aliphatic carbocycles. The highest BCUT2D eigenvalue weighted by molar-refractivity contribution is 7.93. The van der Waals surface area contributed by atoms with Crippen LogP contribution in [0.5, 0.6) is 0 Å². The lowest BCUT2D eigenvalue weighted by molar-refractivity contribution is -0.163. The van der Waals surface area contributed by atoms with Crippen LogP contribution in [0.4, 0.5) is 8.78 Å². The largest absolute Gasteiger partial charge is 0.350 e. The molecule has 7 nitrogen and oxygen atoms in total. The van der Waals surface area contributed by atoms with Gasteiger partial charge in [-0.15, -0.1) is 0 Å². The van der Waals surface area contributed by atoms with Crippen molar-refractivity contribution in [1.29, 1.82) is 0 Å². The van der Waals surface area contributed by atoms with E-state index in [0.717, 1.165) is 37.4 Å². The monoisotopic (exact) mass is 445 g/mol. The molecule has 1 aliphatic heterocycles. The molecular formula is C20H29F2N3O4S. The van der Waals surface area contributed by atoms with Gasteiger partial charge in [0.05, 0.1) is 15.4 Å². The van der Waals surface area contributed by atoms with Crippen LogP contribution in [0.25, 0.3) is 0 Å². The van der Waals surface area contributed by atoms with Crippen molar-refractivity contribution in [2.24, 2.45) is 9.78 Å². The molecule has 1 fully saturated rings.